The van der Waals surface area contributed by atoms with E-state index in [4.69, 9.17) is 5.11 Å². The molecule has 5 heteroatoms. The number of benzene rings is 1. The van der Waals surface area contributed by atoms with E-state index in [9.17, 15) is 9.18 Å². The summed E-state index contributed by atoms with van der Waals surface area (Å²) in [6.45, 7) is 3.10. The van der Waals surface area contributed by atoms with Crippen molar-refractivity contribution in [3.8, 4) is 0 Å². The number of halogens is 1. The van der Waals surface area contributed by atoms with Gasteiger partial charge in [-0.1, -0.05) is 0 Å². The molecule has 1 aliphatic rings. The van der Waals surface area contributed by atoms with Crippen LogP contribution >= 0.6 is 0 Å². The Kier molecular flexibility index (Phi) is 3.58. The first kappa shape index (κ1) is 11.9. The fraction of sp³-hybridized carbons (Fsp3) is 0.417. The SMILES string of the molecule is O=C(O)CN1CCN(c2ccc(F)cc2)CC1. The maximum Gasteiger partial charge on any atom is 0.317 e. The van der Waals surface area contributed by atoms with E-state index < -0.39 is 5.97 Å². The largest absolute Gasteiger partial charge is 0.480 e. The minimum Gasteiger partial charge on any atom is -0.480 e. The van der Waals surface area contributed by atoms with Crippen LogP contribution in [0.2, 0.25) is 0 Å². The molecule has 0 unspecified atom stereocenters. The lowest BCUT2D eigenvalue weighted by molar-refractivity contribution is -0.138. The van der Waals surface area contributed by atoms with Crippen molar-refractivity contribution < 1.29 is 14.3 Å². The molecule has 1 N–H and O–H groups in total. The van der Waals surface area contributed by atoms with Gasteiger partial charge in [-0.3, -0.25) is 9.69 Å². The first-order chi connectivity index (χ1) is 8.15. The third kappa shape index (κ3) is 3.17. The van der Waals surface area contributed by atoms with Crippen LogP contribution in [0, 0.1) is 5.82 Å². The van der Waals surface area contributed by atoms with Crippen LogP contribution in [0.1, 0.15) is 0 Å². The van der Waals surface area contributed by atoms with Gasteiger partial charge in [0, 0.05) is 31.9 Å². The average molecular weight is 238 g/mol. The molecule has 0 atom stereocenters. The van der Waals surface area contributed by atoms with Crippen LogP contribution in [-0.4, -0.2) is 48.7 Å². The topological polar surface area (TPSA) is 43.8 Å². The molecule has 0 saturated carbocycles. The lowest BCUT2D eigenvalue weighted by Crippen LogP contribution is -2.47. The number of piperazine rings is 1. The van der Waals surface area contributed by atoms with Gasteiger partial charge in [0.15, 0.2) is 0 Å². The fourth-order valence-electron chi connectivity index (χ4n) is 2.01. The number of carboxylic acid groups (broad SMARTS) is 1. The Hall–Kier alpha value is -1.62. The number of hydrogen-bond donors (Lipinski definition) is 1. The molecule has 4 nitrogen and oxygen atoms in total. The Morgan fingerprint density at radius 2 is 1.76 bits per heavy atom. The number of carboxylic acids is 1. The second-order valence-corrected chi connectivity index (χ2v) is 4.13. The Labute approximate surface area is 99.3 Å². The Morgan fingerprint density at radius 1 is 1.18 bits per heavy atom. The normalized spacial score (nSPS) is 17.1. The molecule has 0 radical (unpaired) electrons. The molecule has 92 valence electrons. The van der Waals surface area contributed by atoms with Crippen LogP contribution in [0.5, 0.6) is 0 Å². The predicted molar refractivity (Wildman–Crippen MR) is 62.7 cm³/mol. The Bertz CT molecular complexity index is 386. The van der Waals surface area contributed by atoms with Gasteiger partial charge in [-0.25, -0.2) is 4.39 Å². The highest BCUT2D eigenvalue weighted by atomic mass is 19.1. The van der Waals surface area contributed by atoms with Gasteiger partial charge in [0.05, 0.1) is 6.54 Å². The van der Waals surface area contributed by atoms with Crippen molar-refractivity contribution in [3.05, 3.63) is 30.1 Å². The summed E-state index contributed by atoms with van der Waals surface area (Å²) in [7, 11) is 0. The van der Waals surface area contributed by atoms with Gasteiger partial charge in [-0.05, 0) is 24.3 Å². The number of rotatable bonds is 3. The average Bonchev–Trinajstić information content (AvgIpc) is 2.30. The third-order valence-electron chi connectivity index (χ3n) is 2.92. The first-order valence-electron chi connectivity index (χ1n) is 5.60. The summed E-state index contributed by atoms with van der Waals surface area (Å²) in [5.41, 5.74) is 0.987. The number of nitrogens with zero attached hydrogens (tertiary/aromatic N) is 2. The third-order valence-corrected chi connectivity index (χ3v) is 2.92. The van der Waals surface area contributed by atoms with Gasteiger partial charge in [-0.15, -0.1) is 0 Å². The summed E-state index contributed by atoms with van der Waals surface area (Å²) in [5, 5.41) is 8.68. The molecule has 1 aromatic carbocycles. The summed E-state index contributed by atoms with van der Waals surface area (Å²) in [6.07, 6.45) is 0. The van der Waals surface area contributed by atoms with Crippen LogP contribution in [0.4, 0.5) is 10.1 Å². The molecule has 0 bridgehead atoms. The quantitative estimate of drug-likeness (QED) is 0.854. The predicted octanol–water partition coefficient (Wildman–Crippen LogP) is 1.03. The zero-order chi connectivity index (χ0) is 12.3. The van der Waals surface area contributed by atoms with Crippen LogP contribution in [-0.2, 0) is 4.79 Å². The zero-order valence-electron chi connectivity index (χ0n) is 9.47. The van der Waals surface area contributed by atoms with E-state index in [0.29, 0.717) is 0 Å². The monoisotopic (exact) mass is 238 g/mol. The second kappa shape index (κ2) is 5.14. The lowest BCUT2D eigenvalue weighted by atomic mass is 10.2. The van der Waals surface area contributed by atoms with Gasteiger partial charge >= 0.3 is 5.97 Å². The summed E-state index contributed by atoms with van der Waals surface area (Å²) < 4.78 is 12.8. The van der Waals surface area contributed by atoms with E-state index in [1.165, 1.54) is 12.1 Å². The van der Waals surface area contributed by atoms with Crippen LogP contribution in [0.25, 0.3) is 0 Å². The van der Waals surface area contributed by atoms with Gasteiger partial charge < -0.3 is 10.0 Å². The van der Waals surface area contributed by atoms with E-state index in [-0.39, 0.29) is 12.4 Å². The number of aliphatic carboxylic acids is 1. The molecule has 0 amide bonds. The van der Waals surface area contributed by atoms with Crippen molar-refractivity contribution >= 4 is 11.7 Å². The van der Waals surface area contributed by atoms with Gasteiger partial charge in [-0.2, -0.15) is 0 Å². The molecule has 2 rings (SSSR count). The van der Waals surface area contributed by atoms with E-state index in [2.05, 4.69) is 4.90 Å². The first-order valence-corrected chi connectivity index (χ1v) is 5.60. The Balaban J connectivity index is 1.90. The molecule has 17 heavy (non-hydrogen) atoms. The molecule has 0 aromatic heterocycles. The maximum atomic E-state index is 12.8. The van der Waals surface area contributed by atoms with Crippen molar-refractivity contribution in [1.29, 1.82) is 0 Å². The second-order valence-electron chi connectivity index (χ2n) is 4.13. The van der Waals surface area contributed by atoms with E-state index >= 15 is 0 Å². The van der Waals surface area contributed by atoms with Crippen molar-refractivity contribution in [2.24, 2.45) is 0 Å². The van der Waals surface area contributed by atoms with Gasteiger partial charge in [0.25, 0.3) is 0 Å². The molecule has 1 aliphatic heterocycles. The summed E-state index contributed by atoms with van der Waals surface area (Å²) >= 11 is 0. The molecule has 1 aromatic rings. The molecule has 0 aliphatic carbocycles. The van der Waals surface area contributed by atoms with Gasteiger partial charge in [0.2, 0.25) is 0 Å². The van der Waals surface area contributed by atoms with E-state index in [1.807, 2.05) is 4.90 Å². The summed E-state index contributed by atoms with van der Waals surface area (Å²) in [6, 6.07) is 6.39. The smallest absolute Gasteiger partial charge is 0.317 e. The van der Waals surface area contributed by atoms with E-state index in [1.54, 1.807) is 12.1 Å². The molecule has 1 heterocycles. The molecular weight excluding hydrogens is 223 g/mol. The molecular formula is C12H15FN2O2. The highest BCUT2D eigenvalue weighted by molar-refractivity contribution is 5.69. The van der Waals surface area contributed by atoms with Crippen LogP contribution < -0.4 is 4.90 Å². The van der Waals surface area contributed by atoms with Crippen molar-refractivity contribution in [1.82, 2.24) is 4.90 Å². The van der Waals surface area contributed by atoms with Crippen molar-refractivity contribution in [3.63, 3.8) is 0 Å². The van der Waals surface area contributed by atoms with E-state index in [0.717, 1.165) is 31.9 Å². The highest BCUT2D eigenvalue weighted by Gasteiger charge is 2.18. The summed E-state index contributed by atoms with van der Waals surface area (Å²) in [4.78, 5) is 14.6. The standard InChI is InChI=1S/C12H15FN2O2/c13-10-1-3-11(4-2-10)15-7-5-14(6-8-15)9-12(16)17/h1-4H,5-9H2,(H,16,17). The van der Waals surface area contributed by atoms with Crippen LogP contribution in [0.15, 0.2) is 24.3 Å². The number of carbonyl (C=O) groups is 1. The fourth-order valence-corrected chi connectivity index (χ4v) is 2.01. The molecule has 0 spiro atoms. The number of anilines is 1. The minimum atomic E-state index is -0.791. The molecule has 1 saturated heterocycles. The Morgan fingerprint density at radius 3 is 2.29 bits per heavy atom. The van der Waals surface area contributed by atoms with Crippen LogP contribution in [0.3, 0.4) is 0 Å². The minimum absolute atomic E-state index is 0.0945. The maximum absolute atomic E-state index is 12.8. The summed E-state index contributed by atoms with van der Waals surface area (Å²) in [5.74, 6) is -1.03. The van der Waals surface area contributed by atoms with Gasteiger partial charge in [0.1, 0.15) is 5.82 Å². The number of hydrogen-bond acceptors (Lipinski definition) is 3. The zero-order valence-corrected chi connectivity index (χ0v) is 9.47. The van der Waals surface area contributed by atoms with Crippen molar-refractivity contribution in [2.45, 2.75) is 0 Å². The van der Waals surface area contributed by atoms with Crippen molar-refractivity contribution in [2.75, 3.05) is 37.6 Å². The lowest BCUT2D eigenvalue weighted by Gasteiger charge is -2.35. The molecule has 1 fully saturated rings. The highest BCUT2D eigenvalue weighted by Crippen LogP contribution is 2.16.